The molecule has 28 heavy (non-hydrogen) atoms. The second-order valence-corrected chi connectivity index (χ2v) is 6.97. The molecule has 9 heteroatoms. The van der Waals surface area contributed by atoms with Crippen molar-refractivity contribution in [2.75, 3.05) is 18.9 Å². The van der Waals surface area contributed by atoms with E-state index in [0.29, 0.717) is 11.1 Å². The van der Waals surface area contributed by atoms with Crippen molar-refractivity contribution in [1.29, 1.82) is 0 Å². The monoisotopic (exact) mass is 395 g/mol. The number of benzene rings is 2. The molecule has 1 amide bonds. The molecule has 6 nitrogen and oxygen atoms in total. The quantitative estimate of drug-likeness (QED) is 0.302. The molecule has 150 valence electrons. The van der Waals surface area contributed by atoms with Crippen LogP contribution >= 0.6 is 0 Å². The van der Waals surface area contributed by atoms with Crippen molar-refractivity contribution in [3.05, 3.63) is 48.0 Å². The smallest absolute Gasteiger partial charge is 0.406 e. The van der Waals surface area contributed by atoms with E-state index in [9.17, 15) is 23.1 Å². The summed E-state index contributed by atoms with van der Waals surface area (Å²) >= 11 is 0. The molecule has 0 bridgehead atoms. The minimum atomic E-state index is -4.76. The molecule has 0 saturated heterocycles. The van der Waals surface area contributed by atoms with E-state index in [1.807, 2.05) is 0 Å². The molecule has 1 aliphatic carbocycles. The highest BCUT2D eigenvalue weighted by Gasteiger charge is 2.44. The lowest BCUT2D eigenvalue weighted by atomic mass is 10.0. The number of carbonyl (C=O) groups is 1. The van der Waals surface area contributed by atoms with Crippen molar-refractivity contribution < 1.29 is 27.8 Å². The molecule has 0 aliphatic heterocycles. The highest BCUT2D eigenvalue weighted by atomic mass is 19.4. The summed E-state index contributed by atoms with van der Waals surface area (Å²) in [5, 5.41) is 10.4. The Morgan fingerprint density at radius 1 is 1.14 bits per heavy atom. The van der Waals surface area contributed by atoms with E-state index in [-0.39, 0.29) is 35.6 Å². The van der Waals surface area contributed by atoms with Gasteiger partial charge in [-0.05, 0) is 48.2 Å². The van der Waals surface area contributed by atoms with Crippen LogP contribution in [0.25, 0.3) is 11.1 Å². The van der Waals surface area contributed by atoms with Gasteiger partial charge in [-0.25, -0.2) is 5.84 Å². The zero-order valence-electron chi connectivity index (χ0n) is 14.9. The molecule has 5 N–H and O–H groups in total. The van der Waals surface area contributed by atoms with Crippen LogP contribution in [0.5, 0.6) is 5.75 Å². The van der Waals surface area contributed by atoms with E-state index in [1.165, 1.54) is 36.4 Å². The Labute approximate surface area is 159 Å². The molecule has 3 rings (SSSR count). The Bertz CT molecular complexity index is 865. The number of carbonyl (C=O) groups excluding carboxylic acids is 1. The van der Waals surface area contributed by atoms with Crippen LogP contribution in [0.15, 0.2) is 42.5 Å². The SMILES string of the molecule is Nc1ccc(-c2ccc(OC(F)(F)F)cc2)cc1C(=O)N(N)CC1(CO)CC1. The molecule has 0 heterocycles. The van der Waals surface area contributed by atoms with Crippen molar-refractivity contribution in [3.63, 3.8) is 0 Å². The number of hydrogen-bond donors (Lipinski definition) is 3. The van der Waals surface area contributed by atoms with Gasteiger partial charge in [0, 0.05) is 17.6 Å². The van der Waals surface area contributed by atoms with E-state index in [1.54, 1.807) is 6.07 Å². The largest absolute Gasteiger partial charge is 0.573 e. The molecule has 2 aromatic carbocycles. The van der Waals surface area contributed by atoms with Gasteiger partial charge in [0.2, 0.25) is 0 Å². The number of anilines is 1. The summed E-state index contributed by atoms with van der Waals surface area (Å²) in [6.07, 6.45) is -3.17. The summed E-state index contributed by atoms with van der Waals surface area (Å²) in [7, 11) is 0. The number of nitrogens with two attached hydrogens (primary N) is 2. The number of nitrogens with zero attached hydrogens (tertiary/aromatic N) is 1. The van der Waals surface area contributed by atoms with Crippen molar-refractivity contribution in [3.8, 4) is 16.9 Å². The van der Waals surface area contributed by atoms with Crippen LogP contribution in [0.4, 0.5) is 18.9 Å². The van der Waals surface area contributed by atoms with Crippen LogP contribution in [-0.4, -0.2) is 35.5 Å². The first-order valence-corrected chi connectivity index (χ1v) is 8.56. The minimum absolute atomic E-state index is 0.0458. The van der Waals surface area contributed by atoms with Gasteiger partial charge in [0.15, 0.2) is 0 Å². The third-order valence-electron chi connectivity index (χ3n) is 4.76. The zero-order valence-corrected chi connectivity index (χ0v) is 14.9. The van der Waals surface area contributed by atoms with Crippen LogP contribution in [0.3, 0.4) is 0 Å². The van der Waals surface area contributed by atoms with E-state index in [0.717, 1.165) is 17.9 Å². The van der Waals surface area contributed by atoms with Crippen molar-refractivity contribution in [1.82, 2.24) is 5.01 Å². The van der Waals surface area contributed by atoms with Gasteiger partial charge < -0.3 is 15.6 Å². The molecular formula is C19H20F3N3O3. The van der Waals surface area contributed by atoms with Crippen LogP contribution in [0, 0.1) is 5.41 Å². The average molecular weight is 395 g/mol. The van der Waals surface area contributed by atoms with Crippen LogP contribution in [0.1, 0.15) is 23.2 Å². The van der Waals surface area contributed by atoms with Crippen molar-refractivity contribution >= 4 is 11.6 Å². The molecule has 1 saturated carbocycles. The zero-order chi connectivity index (χ0) is 20.5. The summed E-state index contributed by atoms with van der Waals surface area (Å²) < 4.78 is 40.7. The number of aliphatic hydroxyl groups excluding tert-OH is 1. The molecule has 1 fully saturated rings. The van der Waals surface area contributed by atoms with Crippen molar-refractivity contribution in [2.45, 2.75) is 19.2 Å². The predicted molar refractivity (Wildman–Crippen MR) is 97.0 cm³/mol. The standard InChI is InChI=1S/C19H20F3N3O3/c20-19(21,22)28-14-4-1-12(2-5-14)13-3-6-16(23)15(9-13)17(27)25(24)10-18(11-26)7-8-18/h1-6,9,26H,7-8,10-11,23-24H2. The first-order chi connectivity index (χ1) is 13.1. The van der Waals surface area contributed by atoms with Crippen LogP contribution in [-0.2, 0) is 0 Å². The van der Waals surface area contributed by atoms with E-state index in [4.69, 9.17) is 11.6 Å². The number of ether oxygens (including phenoxy) is 1. The molecule has 0 spiro atoms. The lowest BCUT2D eigenvalue weighted by molar-refractivity contribution is -0.274. The van der Waals surface area contributed by atoms with Gasteiger partial charge in [-0.3, -0.25) is 9.80 Å². The van der Waals surface area contributed by atoms with E-state index in [2.05, 4.69) is 4.74 Å². The lowest BCUT2D eigenvalue weighted by Gasteiger charge is -2.22. The number of aliphatic hydroxyl groups is 1. The van der Waals surface area contributed by atoms with E-state index < -0.39 is 12.3 Å². The Kier molecular flexibility index (Phi) is 5.22. The first kappa shape index (κ1) is 20.0. The fraction of sp³-hybridized carbons (Fsp3) is 0.316. The highest BCUT2D eigenvalue weighted by molar-refractivity contribution is 6.00. The Morgan fingerprint density at radius 3 is 2.29 bits per heavy atom. The molecule has 2 aromatic rings. The molecular weight excluding hydrogens is 375 g/mol. The molecule has 0 atom stereocenters. The summed E-state index contributed by atoms with van der Waals surface area (Å²) in [5.74, 6) is 5.05. The third-order valence-corrected chi connectivity index (χ3v) is 4.76. The van der Waals surface area contributed by atoms with Crippen molar-refractivity contribution in [2.24, 2.45) is 11.3 Å². The van der Waals surface area contributed by atoms with Gasteiger partial charge in [0.05, 0.1) is 12.2 Å². The van der Waals surface area contributed by atoms with Gasteiger partial charge in [0.1, 0.15) is 5.75 Å². The highest BCUT2D eigenvalue weighted by Crippen LogP contribution is 2.45. The molecule has 0 aromatic heterocycles. The second-order valence-electron chi connectivity index (χ2n) is 6.97. The van der Waals surface area contributed by atoms with Gasteiger partial charge in [-0.2, -0.15) is 0 Å². The summed E-state index contributed by atoms with van der Waals surface area (Å²) in [4.78, 5) is 12.7. The maximum absolute atomic E-state index is 12.7. The normalized spacial score (nSPS) is 15.2. The maximum atomic E-state index is 12.7. The average Bonchev–Trinajstić information content (AvgIpc) is 3.41. The Morgan fingerprint density at radius 2 is 1.75 bits per heavy atom. The number of halogens is 3. The maximum Gasteiger partial charge on any atom is 0.573 e. The van der Waals surface area contributed by atoms with Crippen LogP contribution < -0.4 is 16.3 Å². The number of rotatable bonds is 6. The van der Waals surface area contributed by atoms with E-state index >= 15 is 0 Å². The predicted octanol–water partition coefficient (Wildman–Crippen LogP) is 2.92. The fourth-order valence-electron chi connectivity index (χ4n) is 2.90. The topological polar surface area (TPSA) is 102 Å². The minimum Gasteiger partial charge on any atom is -0.406 e. The number of hydrazine groups is 1. The third kappa shape index (κ3) is 4.55. The number of amides is 1. The molecule has 1 aliphatic rings. The summed E-state index contributed by atoms with van der Waals surface area (Å²) in [6, 6.07) is 10.0. The number of nitrogen functional groups attached to an aromatic ring is 1. The van der Waals surface area contributed by atoms with Gasteiger partial charge in [-0.1, -0.05) is 18.2 Å². The Hall–Kier alpha value is -2.78. The molecule has 0 unspecified atom stereocenters. The summed E-state index contributed by atoms with van der Waals surface area (Å²) in [5.41, 5.74) is 7.16. The number of hydrogen-bond acceptors (Lipinski definition) is 5. The van der Waals surface area contributed by atoms with Crippen LogP contribution in [0.2, 0.25) is 0 Å². The number of alkyl halides is 3. The molecule has 0 radical (unpaired) electrons. The second kappa shape index (κ2) is 7.33. The fourth-order valence-corrected chi connectivity index (χ4v) is 2.90. The lowest BCUT2D eigenvalue weighted by Crippen LogP contribution is -2.42. The summed E-state index contributed by atoms with van der Waals surface area (Å²) in [6.45, 7) is 0.172. The first-order valence-electron chi connectivity index (χ1n) is 8.56. The van der Waals surface area contributed by atoms with Gasteiger partial charge >= 0.3 is 6.36 Å². The Balaban J connectivity index is 1.80. The van der Waals surface area contributed by atoms with Gasteiger partial charge in [0.25, 0.3) is 5.91 Å². The van der Waals surface area contributed by atoms with Gasteiger partial charge in [-0.15, -0.1) is 13.2 Å².